The molecule has 2 aromatic carbocycles. The quantitative estimate of drug-likeness (QED) is 0.452. The van der Waals surface area contributed by atoms with Crippen molar-refractivity contribution in [3.63, 3.8) is 0 Å². The number of nitrogens with zero attached hydrogens (tertiary/aromatic N) is 1. The third-order valence-electron chi connectivity index (χ3n) is 4.63. The highest BCUT2D eigenvalue weighted by atomic mass is 32.1. The van der Waals surface area contributed by atoms with Crippen LogP contribution >= 0.6 is 11.3 Å². The molecule has 2 amide bonds. The van der Waals surface area contributed by atoms with Crippen LogP contribution in [0.15, 0.2) is 48.5 Å². The smallest absolute Gasteiger partial charge is 0.407 e. The summed E-state index contributed by atoms with van der Waals surface area (Å²) in [6.45, 7) is 5.67. The number of Topliss-reactive ketones (excluding diaryl/α,β-unsaturated/α-hetero) is 1. The van der Waals surface area contributed by atoms with Crippen LogP contribution in [0.5, 0.6) is 0 Å². The number of hydrogen-bond acceptors (Lipinski definition) is 6. The number of carbonyl (C=O) groups is 3. The van der Waals surface area contributed by atoms with Gasteiger partial charge in [-0.05, 0) is 50.5 Å². The van der Waals surface area contributed by atoms with Gasteiger partial charge in [-0.15, -0.1) is 11.3 Å². The summed E-state index contributed by atoms with van der Waals surface area (Å²) >= 11 is 1.48. The van der Waals surface area contributed by atoms with Crippen LogP contribution in [-0.4, -0.2) is 41.5 Å². The summed E-state index contributed by atoms with van der Waals surface area (Å²) in [5.41, 5.74) is 2.54. The van der Waals surface area contributed by atoms with Crippen molar-refractivity contribution in [2.24, 2.45) is 0 Å². The van der Waals surface area contributed by atoms with Crippen molar-refractivity contribution in [3.8, 4) is 11.1 Å². The van der Waals surface area contributed by atoms with Gasteiger partial charge in [0.1, 0.15) is 10.6 Å². The zero-order valence-corrected chi connectivity index (χ0v) is 20.0. The molecule has 0 aliphatic heterocycles. The molecular weight excluding hydrogens is 438 g/mol. The van der Waals surface area contributed by atoms with E-state index in [1.54, 1.807) is 20.8 Å². The van der Waals surface area contributed by atoms with Gasteiger partial charge in [-0.1, -0.05) is 36.4 Å². The van der Waals surface area contributed by atoms with Gasteiger partial charge in [0.2, 0.25) is 5.91 Å². The van der Waals surface area contributed by atoms with Gasteiger partial charge in [-0.3, -0.25) is 9.59 Å². The predicted octanol–water partition coefficient (Wildman–Crippen LogP) is 4.50. The normalized spacial score (nSPS) is 11.2. The molecule has 0 atom stereocenters. The molecular formula is C25H29N3O4S. The van der Waals surface area contributed by atoms with Gasteiger partial charge in [0, 0.05) is 13.0 Å². The van der Waals surface area contributed by atoms with E-state index in [2.05, 4.69) is 33.8 Å². The van der Waals surface area contributed by atoms with Crippen molar-refractivity contribution in [2.75, 3.05) is 13.1 Å². The highest BCUT2D eigenvalue weighted by Crippen LogP contribution is 2.28. The molecule has 0 fully saturated rings. The van der Waals surface area contributed by atoms with Gasteiger partial charge < -0.3 is 15.4 Å². The Kier molecular flexibility index (Phi) is 8.16. The highest BCUT2D eigenvalue weighted by molar-refractivity contribution is 7.18. The fourth-order valence-corrected chi connectivity index (χ4v) is 4.14. The second kappa shape index (κ2) is 11.0. The van der Waals surface area contributed by atoms with Crippen LogP contribution in [0, 0.1) is 0 Å². The minimum atomic E-state index is -0.558. The maximum absolute atomic E-state index is 12.3. The molecule has 0 unspecified atom stereocenters. The first-order chi connectivity index (χ1) is 15.7. The van der Waals surface area contributed by atoms with Crippen LogP contribution in [0.3, 0.4) is 0 Å². The van der Waals surface area contributed by atoms with Crippen LogP contribution in [-0.2, 0) is 20.7 Å². The van der Waals surface area contributed by atoms with Crippen molar-refractivity contribution in [1.82, 2.24) is 15.6 Å². The second-order valence-corrected chi connectivity index (χ2v) is 9.80. The maximum Gasteiger partial charge on any atom is 0.407 e. The number of amides is 2. The van der Waals surface area contributed by atoms with E-state index >= 15 is 0 Å². The monoisotopic (exact) mass is 467 g/mol. The first-order valence-corrected chi connectivity index (χ1v) is 11.7. The average molecular weight is 468 g/mol. The van der Waals surface area contributed by atoms with Crippen LogP contribution in [0.4, 0.5) is 4.79 Å². The molecule has 0 saturated heterocycles. The number of fused-ring (bicyclic) bond motifs is 1. The van der Waals surface area contributed by atoms with Gasteiger partial charge in [0.05, 0.1) is 23.2 Å². The molecule has 0 aliphatic carbocycles. The van der Waals surface area contributed by atoms with Gasteiger partial charge in [-0.25, -0.2) is 9.78 Å². The molecule has 1 aromatic heterocycles. The summed E-state index contributed by atoms with van der Waals surface area (Å²) in [5.74, 6) is -0.330. The largest absolute Gasteiger partial charge is 0.444 e. The third kappa shape index (κ3) is 7.98. The number of nitrogens with one attached hydrogen (secondary N) is 2. The van der Waals surface area contributed by atoms with Crippen LogP contribution in [0.25, 0.3) is 21.3 Å². The van der Waals surface area contributed by atoms with Crippen molar-refractivity contribution >= 4 is 39.3 Å². The van der Waals surface area contributed by atoms with E-state index in [1.807, 2.05) is 30.3 Å². The molecule has 0 aliphatic rings. The minimum absolute atomic E-state index is 0.0334. The highest BCUT2D eigenvalue weighted by Gasteiger charge is 2.16. The summed E-state index contributed by atoms with van der Waals surface area (Å²) in [5, 5.41) is 5.98. The average Bonchev–Trinajstić information content (AvgIpc) is 3.16. The topological polar surface area (TPSA) is 97.4 Å². The second-order valence-electron chi connectivity index (χ2n) is 8.68. The van der Waals surface area contributed by atoms with E-state index in [1.165, 1.54) is 11.3 Å². The number of rotatable bonds is 9. The summed E-state index contributed by atoms with van der Waals surface area (Å²) in [4.78, 5) is 40.4. The molecule has 0 bridgehead atoms. The molecule has 174 valence electrons. The summed E-state index contributed by atoms with van der Waals surface area (Å²) in [6, 6.07) is 16.2. The number of alkyl carbamates (subject to hydrolysis) is 1. The molecule has 3 aromatic rings. The fourth-order valence-electron chi connectivity index (χ4n) is 3.13. The van der Waals surface area contributed by atoms with Crippen molar-refractivity contribution < 1.29 is 19.1 Å². The molecule has 7 nitrogen and oxygen atoms in total. The Balaban J connectivity index is 1.41. The lowest BCUT2D eigenvalue weighted by molar-refractivity contribution is -0.124. The number of ether oxygens (including phenoxy) is 1. The standard InChI is InChI=1S/C25H29N3O4S/c1-25(2,3)32-24(31)26-13-7-10-19(29)16-27-22(30)15-23-28-20-12-11-18(14-21(20)33-23)17-8-5-4-6-9-17/h4-6,8-9,11-12,14H,7,10,13,15-16H2,1-3H3,(H,26,31)(H,27,30). The van der Waals surface area contributed by atoms with Crippen LogP contribution < -0.4 is 10.6 Å². The van der Waals surface area contributed by atoms with E-state index < -0.39 is 11.7 Å². The van der Waals surface area contributed by atoms with E-state index in [0.717, 1.165) is 21.3 Å². The van der Waals surface area contributed by atoms with Gasteiger partial charge in [0.15, 0.2) is 5.78 Å². The van der Waals surface area contributed by atoms with Gasteiger partial charge in [0.25, 0.3) is 0 Å². The molecule has 0 saturated carbocycles. The number of hydrogen-bond donors (Lipinski definition) is 2. The molecule has 0 spiro atoms. The first-order valence-electron chi connectivity index (χ1n) is 10.9. The zero-order valence-electron chi connectivity index (χ0n) is 19.1. The Labute approximate surface area is 197 Å². The molecule has 2 N–H and O–H groups in total. The predicted molar refractivity (Wildman–Crippen MR) is 130 cm³/mol. The van der Waals surface area contributed by atoms with E-state index in [4.69, 9.17) is 4.74 Å². The maximum atomic E-state index is 12.3. The molecule has 8 heteroatoms. The molecule has 3 rings (SSSR count). The molecule has 33 heavy (non-hydrogen) atoms. The fraction of sp³-hybridized carbons (Fsp3) is 0.360. The Hall–Kier alpha value is -3.26. The number of aromatic nitrogens is 1. The van der Waals surface area contributed by atoms with Crippen LogP contribution in [0.2, 0.25) is 0 Å². The number of carbonyl (C=O) groups excluding carboxylic acids is 3. The van der Waals surface area contributed by atoms with Crippen molar-refractivity contribution in [2.45, 2.75) is 45.6 Å². The molecule has 0 radical (unpaired) electrons. The zero-order chi connectivity index (χ0) is 23.8. The van der Waals surface area contributed by atoms with Gasteiger partial charge in [-0.2, -0.15) is 0 Å². The van der Waals surface area contributed by atoms with Crippen LogP contribution in [0.1, 0.15) is 38.6 Å². The SMILES string of the molecule is CC(C)(C)OC(=O)NCCCC(=O)CNC(=O)Cc1nc2ccc(-c3ccccc3)cc2s1. The van der Waals surface area contributed by atoms with E-state index in [0.29, 0.717) is 18.0 Å². The number of ketones is 1. The van der Waals surface area contributed by atoms with Gasteiger partial charge >= 0.3 is 6.09 Å². The van der Waals surface area contributed by atoms with Crippen molar-refractivity contribution in [1.29, 1.82) is 0 Å². The summed E-state index contributed by atoms with van der Waals surface area (Å²) in [7, 11) is 0. The van der Waals surface area contributed by atoms with E-state index in [9.17, 15) is 14.4 Å². The number of thiazole rings is 1. The van der Waals surface area contributed by atoms with Crippen molar-refractivity contribution in [3.05, 3.63) is 53.5 Å². The lowest BCUT2D eigenvalue weighted by Gasteiger charge is -2.19. The Morgan fingerprint density at radius 1 is 1.00 bits per heavy atom. The number of benzene rings is 2. The first kappa shape index (κ1) is 24.4. The minimum Gasteiger partial charge on any atom is -0.444 e. The Bertz CT molecular complexity index is 1120. The summed E-state index contributed by atoms with van der Waals surface area (Å²) < 4.78 is 6.16. The Morgan fingerprint density at radius 3 is 2.48 bits per heavy atom. The third-order valence-corrected chi connectivity index (χ3v) is 5.65. The van der Waals surface area contributed by atoms with E-state index in [-0.39, 0.29) is 31.1 Å². The Morgan fingerprint density at radius 2 is 1.76 bits per heavy atom. The lowest BCUT2D eigenvalue weighted by Crippen LogP contribution is -2.34. The summed E-state index contributed by atoms with van der Waals surface area (Å²) in [6.07, 6.45) is 0.373. The lowest BCUT2D eigenvalue weighted by atomic mass is 10.1. The molecule has 1 heterocycles.